The first-order chi connectivity index (χ1) is 4.86. The zero-order chi connectivity index (χ0) is 6.97. The van der Waals surface area contributed by atoms with E-state index in [4.69, 9.17) is 0 Å². The Morgan fingerprint density at radius 3 is 3.20 bits per heavy atom. The minimum atomic E-state index is 0.0263. The van der Waals surface area contributed by atoms with E-state index in [-0.39, 0.29) is 5.75 Å². The molecule has 0 bridgehead atoms. The van der Waals surface area contributed by atoms with Gasteiger partial charge in [-0.3, -0.25) is 5.11 Å². The van der Waals surface area contributed by atoms with Gasteiger partial charge in [-0.1, -0.05) is 0 Å². The van der Waals surface area contributed by atoms with E-state index in [0.717, 1.165) is 10.2 Å². The molecule has 1 radical (unpaired) electrons. The highest BCUT2D eigenvalue weighted by atomic mass is 32.1. The van der Waals surface area contributed by atoms with Gasteiger partial charge in [-0.15, -0.1) is 11.3 Å². The van der Waals surface area contributed by atoms with E-state index in [0.29, 0.717) is 0 Å². The molecule has 0 unspecified atom stereocenters. The summed E-state index contributed by atoms with van der Waals surface area (Å²) in [7, 11) is 0. The molecule has 0 atom stereocenters. The molecule has 1 heterocycles. The molecule has 0 saturated heterocycles. The van der Waals surface area contributed by atoms with Gasteiger partial charge >= 0.3 is 0 Å². The smallest absolute Gasteiger partial charge is 0.180 e. The van der Waals surface area contributed by atoms with Gasteiger partial charge in [0, 0.05) is 6.07 Å². The Morgan fingerprint density at radius 1 is 1.40 bits per heavy atom. The van der Waals surface area contributed by atoms with Gasteiger partial charge in [0.2, 0.25) is 0 Å². The molecule has 3 heteroatoms. The maximum Gasteiger partial charge on any atom is 0.180 e. The topological polar surface area (TPSA) is 32.8 Å². The molecule has 2 aromatic rings. The Balaban J connectivity index is 2.86. The van der Waals surface area contributed by atoms with Crippen molar-refractivity contribution in [2.75, 3.05) is 0 Å². The summed E-state index contributed by atoms with van der Waals surface area (Å²) in [5.41, 5.74) is 2.54. The Hall–Kier alpha value is -1.09. The monoisotopic (exact) mass is 150 g/mol. The fourth-order valence-corrected chi connectivity index (χ4v) is 1.50. The highest BCUT2D eigenvalue weighted by molar-refractivity contribution is 7.16. The van der Waals surface area contributed by atoms with Gasteiger partial charge in [0.05, 0.1) is 15.7 Å². The van der Waals surface area contributed by atoms with Crippen LogP contribution < -0.4 is 0 Å². The fraction of sp³-hybridized carbons (Fsp3) is 0. The van der Waals surface area contributed by atoms with E-state index < -0.39 is 0 Å². The lowest BCUT2D eigenvalue weighted by Crippen LogP contribution is -1.64. The van der Waals surface area contributed by atoms with Crippen molar-refractivity contribution in [2.24, 2.45) is 0 Å². The molecule has 1 aromatic heterocycles. The molecule has 0 amide bonds. The van der Waals surface area contributed by atoms with Gasteiger partial charge in [-0.25, -0.2) is 4.98 Å². The van der Waals surface area contributed by atoms with Crippen LogP contribution in [0.3, 0.4) is 0 Å². The van der Waals surface area contributed by atoms with Crippen molar-refractivity contribution in [1.82, 2.24) is 4.98 Å². The van der Waals surface area contributed by atoms with E-state index in [1.807, 2.05) is 0 Å². The van der Waals surface area contributed by atoms with Crippen LogP contribution in [0, 0.1) is 0 Å². The van der Waals surface area contributed by atoms with Crippen molar-refractivity contribution in [3.05, 3.63) is 23.7 Å². The average molecular weight is 150 g/mol. The lowest BCUT2D eigenvalue weighted by atomic mass is 10.3. The lowest BCUT2D eigenvalue weighted by molar-refractivity contribution is 0.355. The van der Waals surface area contributed by atoms with Gasteiger partial charge in [-0.05, 0) is 12.1 Å². The number of benzene rings is 1. The SMILES string of the molecule is [O]c1ccc2scnc2c1. The van der Waals surface area contributed by atoms with Gasteiger partial charge < -0.3 is 0 Å². The molecule has 0 aliphatic heterocycles. The summed E-state index contributed by atoms with van der Waals surface area (Å²) in [6, 6.07) is 4.90. The summed E-state index contributed by atoms with van der Waals surface area (Å²) in [6.07, 6.45) is 0. The third kappa shape index (κ3) is 0.752. The van der Waals surface area contributed by atoms with Crippen molar-refractivity contribution in [1.29, 1.82) is 0 Å². The number of rotatable bonds is 0. The zero-order valence-electron chi connectivity index (χ0n) is 5.07. The number of fused-ring (bicyclic) bond motifs is 1. The zero-order valence-corrected chi connectivity index (χ0v) is 5.89. The lowest BCUT2D eigenvalue weighted by Gasteiger charge is -1.84. The van der Waals surface area contributed by atoms with Crippen molar-refractivity contribution < 1.29 is 5.11 Å². The molecule has 0 saturated carbocycles. The van der Waals surface area contributed by atoms with Gasteiger partial charge in [0.25, 0.3) is 0 Å². The Labute approximate surface area is 61.8 Å². The molecule has 2 rings (SSSR count). The predicted molar refractivity (Wildman–Crippen MR) is 39.8 cm³/mol. The van der Waals surface area contributed by atoms with Gasteiger partial charge in [0.15, 0.2) is 5.75 Å². The van der Waals surface area contributed by atoms with E-state index in [1.165, 1.54) is 0 Å². The molecule has 0 aliphatic carbocycles. The van der Waals surface area contributed by atoms with Gasteiger partial charge in [0.1, 0.15) is 0 Å². The predicted octanol–water partition coefficient (Wildman–Crippen LogP) is 2.44. The quantitative estimate of drug-likeness (QED) is 0.567. The summed E-state index contributed by atoms with van der Waals surface area (Å²) in [4.78, 5) is 4.00. The van der Waals surface area contributed by atoms with Crippen LogP contribution in [-0.4, -0.2) is 4.98 Å². The summed E-state index contributed by atoms with van der Waals surface area (Å²) in [6.45, 7) is 0. The molecule has 10 heavy (non-hydrogen) atoms. The number of nitrogens with zero attached hydrogens (tertiary/aromatic N) is 1. The van der Waals surface area contributed by atoms with E-state index in [1.54, 1.807) is 35.0 Å². The first-order valence-corrected chi connectivity index (χ1v) is 3.74. The summed E-state index contributed by atoms with van der Waals surface area (Å²) >= 11 is 1.55. The third-order valence-electron chi connectivity index (χ3n) is 1.30. The van der Waals surface area contributed by atoms with Crippen LogP contribution in [0.25, 0.3) is 10.2 Å². The van der Waals surface area contributed by atoms with E-state index in [9.17, 15) is 5.11 Å². The number of aromatic nitrogens is 1. The molecule has 0 fully saturated rings. The molecular formula is C7H4NOS. The first-order valence-electron chi connectivity index (χ1n) is 2.86. The number of thiazole rings is 1. The fourth-order valence-electron chi connectivity index (χ4n) is 0.838. The Bertz CT molecular complexity index is 355. The van der Waals surface area contributed by atoms with Crippen LogP contribution >= 0.6 is 11.3 Å². The standard InChI is InChI=1S/C7H4NOS/c9-5-1-2-7-6(3-5)8-4-10-7/h1-4H. The summed E-state index contributed by atoms with van der Waals surface area (Å²) < 4.78 is 1.07. The molecule has 0 N–H and O–H groups in total. The summed E-state index contributed by atoms with van der Waals surface area (Å²) in [5, 5.41) is 10.7. The average Bonchev–Trinajstić information content (AvgIpc) is 2.33. The second kappa shape index (κ2) is 1.95. The number of hydrogen-bond donors (Lipinski definition) is 0. The third-order valence-corrected chi connectivity index (χ3v) is 2.11. The largest absolute Gasteiger partial charge is 0.290 e. The minimum Gasteiger partial charge on any atom is -0.290 e. The molecule has 49 valence electrons. The van der Waals surface area contributed by atoms with Crippen molar-refractivity contribution in [3.63, 3.8) is 0 Å². The Morgan fingerprint density at radius 2 is 2.30 bits per heavy atom. The van der Waals surface area contributed by atoms with Gasteiger partial charge in [-0.2, -0.15) is 0 Å². The number of hydrogen-bond acceptors (Lipinski definition) is 2. The maximum atomic E-state index is 10.7. The van der Waals surface area contributed by atoms with Crippen LogP contribution in [0.2, 0.25) is 0 Å². The van der Waals surface area contributed by atoms with Crippen LogP contribution in [-0.2, 0) is 5.11 Å². The van der Waals surface area contributed by atoms with E-state index >= 15 is 0 Å². The van der Waals surface area contributed by atoms with Crippen LogP contribution in [0.4, 0.5) is 0 Å². The molecule has 1 aromatic carbocycles. The first kappa shape index (κ1) is 5.68. The molecule has 0 aliphatic rings. The van der Waals surface area contributed by atoms with Crippen molar-refractivity contribution >= 4 is 21.6 Å². The molecule has 2 nitrogen and oxygen atoms in total. The Kier molecular flexibility index (Phi) is 1.11. The van der Waals surface area contributed by atoms with Crippen LogP contribution in [0.5, 0.6) is 5.75 Å². The highest BCUT2D eigenvalue weighted by Gasteiger charge is 1.96. The van der Waals surface area contributed by atoms with Crippen LogP contribution in [0.15, 0.2) is 23.7 Å². The second-order valence-corrected chi connectivity index (χ2v) is 2.87. The normalized spacial score (nSPS) is 10.4. The van der Waals surface area contributed by atoms with E-state index in [2.05, 4.69) is 4.98 Å². The van der Waals surface area contributed by atoms with Crippen molar-refractivity contribution in [2.45, 2.75) is 0 Å². The summed E-state index contributed by atoms with van der Waals surface area (Å²) in [5.74, 6) is 0.0263. The maximum absolute atomic E-state index is 10.7. The van der Waals surface area contributed by atoms with Crippen molar-refractivity contribution in [3.8, 4) is 5.75 Å². The molecular weight excluding hydrogens is 146 g/mol. The highest BCUT2D eigenvalue weighted by Crippen LogP contribution is 2.21. The second-order valence-electron chi connectivity index (χ2n) is 1.98. The molecule has 0 spiro atoms. The van der Waals surface area contributed by atoms with Crippen LogP contribution in [0.1, 0.15) is 0 Å². The minimum absolute atomic E-state index is 0.0263.